The minimum atomic E-state index is -1.25. The molecule has 0 aliphatic carbocycles. The summed E-state index contributed by atoms with van der Waals surface area (Å²) >= 11 is 6.16. The quantitative estimate of drug-likeness (QED) is 0.410. The van der Waals surface area contributed by atoms with E-state index in [-0.39, 0.29) is 37.4 Å². The molecule has 0 aromatic heterocycles. The second-order valence-corrected chi connectivity index (χ2v) is 7.51. The van der Waals surface area contributed by atoms with Gasteiger partial charge in [0.2, 0.25) is 0 Å². The number of hydrazone groups is 1. The van der Waals surface area contributed by atoms with Gasteiger partial charge in [-0.25, -0.2) is 9.18 Å². The molecule has 7 nitrogen and oxygen atoms in total. The molecule has 1 amide bonds. The van der Waals surface area contributed by atoms with Crippen molar-refractivity contribution in [3.05, 3.63) is 63.8 Å². The van der Waals surface area contributed by atoms with E-state index in [0.717, 1.165) is 16.8 Å². The SMILES string of the molecule is COc1ccc(/C=N/N2C(=O)/C(=C\c3ccccc3F)SC2=S)c(C(=O)O)c1OC. The molecule has 30 heavy (non-hydrogen) atoms. The number of thioether (sulfide) groups is 1. The first-order valence-corrected chi connectivity index (χ1v) is 9.64. The third kappa shape index (κ3) is 4.19. The van der Waals surface area contributed by atoms with Crippen LogP contribution in [0.2, 0.25) is 0 Å². The number of hydrogen-bond acceptors (Lipinski definition) is 7. The lowest BCUT2D eigenvalue weighted by molar-refractivity contribution is -0.122. The molecular weight excluding hydrogens is 431 g/mol. The van der Waals surface area contributed by atoms with Gasteiger partial charge in [0.25, 0.3) is 5.91 Å². The molecule has 2 aromatic rings. The highest BCUT2D eigenvalue weighted by molar-refractivity contribution is 8.26. The van der Waals surface area contributed by atoms with Crippen molar-refractivity contribution >= 4 is 52.5 Å². The zero-order chi connectivity index (χ0) is 21.8. The Morgan fingerprint density at radius 1 is 1.20 bits per heavy atom. The van der Waals surface area contributed by atoms with Gasteiger partial charge in [-0.15, -0.1) is 0 Å². The Labute approximate surface area is 180 Å². The number of carboxylic acid groups (broad SMARTS) is 1. The number of benzene rings is 2. The molecule has 0 bridgehead atoms. The average Bonchev–Trinajstić information content (AvgIpc) is 2.99. The van der Waals surface area contributed by atoms with E-state index in [1.165, 1.54) is 50.8 Å². The first-order chi connectivity index (χ1) is 14.4. The summed E-state index contributed by atoms with van der Waals surface area (Å²) in [7, 11) is 2.71. The first-order valence-electron chi connectivity index (χ1n) is 8.42. The van der Waals surface area contributed by atoms with Gasteiger partial charge in [0.05, 0.1) is 25.3 Å². The number of halogens is 1. The van der Waals surface area contributed by atoms with Crippen LogP contribution in [0.25, 0.3) is 6.08 Å². The minimum absolute atomic E-state index is 0.0267. The number of aromatic carboxylic acids is 1. The zero-order valence-electron chi connectivity index (χ0n) is 15.8. The van der Waals surface area contributed by atoms with Crippen molar-refractivity contribution in [3.8, 4) is 11.5 Å². The Morgan fingerprint density at radius 3 is 2.57 bits per heavy atom. The maximum Gasteiger partial charge on any atom is 0.340 e. The molecule has 3 rings (SSSR count). The van der Waals surface area contributed by atoms with Crippen LogP contribution in [-0.4, -0.2) is 46.7 Å². The van der Waals surface area contributed by atoms with Crippen LogP contribution in [0, 0.1) is 5.82 Å². The van der Waals surface area contributed by atoms with Gasteiger partial charge in [0.15, 0.2) is 15.8 Å². The highest BCUT2D eigenvalue weighted by Crippen LogP contribution is 2.35. The van der Waals surface area contributed by atoms with E-state index in [4.69, 9.17) is 21.7 Å². The molecule has 1 aliphatic rings. The van der Waals surface area contributed by atoms with Crippen molar-refractivity contribution in [2.75, 3.05) is 14.2 Å². The highest BCUT2D eigenvalue weighted by atomic mass is 32.2. The summed E-state index contributed by atoms with van der Waals surface area (Å²) in [5, 5.41) is 14.6. The van der Waals surface area contributed by atoms with Gasteiger partial charge in [0.1, 0.15) is 11.4 Å². The molecule has 0 spiro atoms. The largest absolute Gasteiger partial charge is 0.493 e. The van der Waals surface area contributed by atoms with E-state index in [0.29, 0.717) is 0 Å². The molecule has 1 heterocycles. The predicted molar refractivity (Wildman–Crippen MR) is 116 cm³/mol. The normalized spacial score (nSPS) is 15.3. The van der Waals surface area contributed by atoms with Crippen molar-refractivity contribution in [3.63, 3.8) is 0 Å². The molecule has 0 saturated carbocycles. The van der Waals surface area contributed by atoms with Crippen LogP contribution in [-0.2, 0) is 4.79 Å². The van der Waals surface area contributed by atoms with Crippen LogP contribution in [0.4, 0.5) is 4.39 Å². The Kier molecular flexibility index (Phi) is 6.48. The summed E-state index contributed by atoms with van der Waals surface area (Å²) in [5.41, 5.74) is 0.259. The molecule has 0 unspecified atom stereocenters. The van der Waals surface area contributed by atoms with Crippen molar-refractivity contribution in [1.82, 2.24) is 5.01 Å². The van der Waals surface area contributed by atoms with Crippen molar-refractivity contribution in [2.24, 2.45) is 5.10 Å². The fourth-order valence-electron chi connectivity index (χ4n) is 2.68. The highest BCUT2D eigenvalue weighted by Gasteiger charge is 2.32. The summed E-state index contributed by atoms with van der Waals surface area (Å²) in [4.78, 5) is 24.6. The van der Waals surface area contributed by atoms with Crippen molar-refractivity contribution in [1.29, 1.82) is 0 Å². The molecule has 1 fully saturated rings. The maximum absolute atomic E-state index is 13.9. The third-order valence-electron chi connectivity index (χ3n) is 4.07. The zero-order valence-corrected chi connectivity index (χ0v) is 17.4. The lowest BCUT2D eigenvalue weighted by atomic mass is 10.1. The molecule has 1 saturated heterocycles. The smallest absolute Gasteiger partial charge is 0.340 e. The van der Waals surface area contributed by atoms with Crippen LogP contribution in [0.3, 0.4) is 0 Å². The summed E-state index contributed by atoms with van der Waals surface area (Å²) in [6.45, 7) is 0. The topological polar surface area (TPSA) is 88.4 Å². The number of nitrogens with zero attached hydrogens (tertiary/aromatic N) is 2. The lowest BCUT2D eigenvalue weighted by Crippen LogP contribution is -2.22. The summed E-state index contributed by atoms with van der Waals surface area (Å²) in [5.74, 6) is -1.99. The number of carbonyl (C=O) groups is 2. The van der Waals surface area contributed by atoms with Crippen LogP contribution in [0.15, 0.2) is 46.4 Å². The number of carbonyl (C=O) groups excluding carboxylic acids is 1. The van der Waals surface area contributed by atoms with E-state index in [1.807, 2.05) is 0 Å². The van der Waals surface area contributed by atoms with Gasteiger partial charge >= 0.3 is 5.97 Å². The van der Waals surface area contributed by atoms with Crippen molar-refractivity contribution in [2.45, 2.75) is 0 Å². The second kappa shape index (κ2) is 9.06. The average molecular weight is 446 g/mol. The predicted octanol–water partition coefficient (Wildman–Crippen LogP) is 3.78. The molecule has 0 atom stereocenters. The summed E-state index contributed by atoms with van der Waals surface area (Å²) in [6, 6.07) is 9.02. The number of methoxy groups -OCH3 is 2. The minimum Gasteiger partial charge on any atom is -0.493 e. The number of carboxylic acids is 1. The molecule has 0 radical (unpaired) electrons. The monoisotopic (exact) mass is 446 g/mol. The molecule has 1 N–H and O–H groups in total. The van der Waals surface area contributed by atoms with Crippen LogP contribution < -0.4 is 9.47 Å². The van der Waals surface area contributed by atoms with E-state index in [9.17, 15) is 19.1 Å². The summed E-state index contributed by atoms with van der Waals surface area (Å²) < 4.78 is 24.3. The molecule has 2 aromatic carbocycles. The van der Waals surface area contributed by atoms with Gasteiger partial charge in [-0.1, -0.05) is 30.0 Å². The van der Waals surface area contributed by atoms with E-state index in [2.05, 4.69) is 5.10 Å². The van der Waals surface area contributed by atoms with Crippen molar-refractivity contribution < 1.29 is 28.6 Å². The van der Waals surface area contributed by atoms with E-state index < -0.39 is 17.7 Å². The Hall–Kier alpha value is -3.24. The molecule has 154 valence electrons. The van der Waals surface area contributed by atoms with Gasteiger partial charge in [-0.3, -0.25) is 4.79 Å². The van der Waals surface area contributed by atoms with Gasteiger partial charge in [-0.2, -0.15) is 10.1 Å². The number of rotatable bonds is 6. The van der Waals surface area contributed by atoms with E-state index >= 15 is 0 Å². The summed E-state index contributed by atoms with van der Waals surface area (Å²) in [6.07, 6.45) is 2.59. The van der Waals surface area contributed by atoms with Gasteiger partial charge < -0.3 is 14.6 Å². The first kappa shape index (κ1) is 21.5. The molecule has 1 aliphatic heterocycles. The van der Waals surface area contributed by atoms with Crippen LogP contribution >= 0.6 is 24.0 Å². The van der Waals surface area contributed by atoms with Crippen LogP contribution in [0.5, 0.6) is 11.5 Å². The maximum atomic E-state index is 13.9. The number of ether oxygens (including phenoxy) is 2. The lowest BCUT2D eigenvalue weighted by Gasteiger charge is -2.13. The Bertz CT molecular complexity index is 1100. The number of thiocarbonyl (C=S) groups is 1. The fraction of sp³-hybridized carbons (Fsp3) is 0.100. The third-order valence-corrected chi connectivity index (χ3v) is 5.35. The van der Waals surface area contributed by atoms with Gasteiger partial charge in [-0.05, 0) is 36.5 Å². The second-order valence-electron chi connectivity index (χ2n) is 5.83. The van der Waals surface area contributed by atoms with Gasteiger partial charge in [0, 0.05) is 11.1 Å². The Balaban J connectivity index is 1.93. The standard InChI is InChI=1S/C20H15FN2O5S2/c1-27-14-8-7-12(16(19(25)26)17(14)28-2)10-22-23-18(24)15(30-20(23)29)9-11-5-3-4-6-13(11)21/h3-10H,1-2H3,(H,25,26)/b15-9+,22-10+. The number of hydrogen-bond donors (Lipinski definition) is 1. The molecular formula is C20H15FN2O5S2. The number of amides is 1. The molecule has 10 heteroatoms. The Morgan fingerprint density at radius 2 is 1.93 bits per heavy atom. The van der Waals surface area contributed by atoms with Crippen LogP contribution in [0.1, 0.15) is 21.5 Å². The van der Waals surface area contributed by atoms with E-state index in [1.54, 1.807) is 12.1 Å². The fourth-order valence-corrected chi connectivity index (χ4v) is 3.85.